The van der Waals surface area contributed by atoms with Gasteiger partial charge in [0.25, 0.3) is 0 Å². The average Bonchev–Trinajstić information content (AvgIpc) is 2.78. The molecule has 0 aromatic carbocycles. The van der Waals surface area contributed by atoms with Crippen molar-refractivity contribution in [2.24, 2.45) is 0 Å². The molecule has 1 N–H and O–H groups in total. The highest BCUT2D eigenvalue weighted by Gasteiger charge is 2.45. The van der Waals surface area contributed by atoms with Crippen LogP contribution in [0, 0.1) is 0 Å². The zero-order valence-electron chi connectivity index (χ0n) is 8.54. The number of ether oxygens (including phenoxy) is 2. The molecule has 2 heterocycles. The summed E-state index contributed by atoms with van der Waals surface area (Å²) >= 11 is 0. The van der Waals surface area contributed by atoms with Crippen molar-refractivity contribution in [2.45, 2.75) is 38.0 Å². The SMILES string of the molecule is CCCC(=O)C1CC2(CN1)OCCO2. The zero-order valence-corrected chi connectivity index (χ0v) is 8.54. The molecule has 1 unspecified atom stereocenters. The molecule has 0 aromatic heterocycles. The van der Waals surface area contributed by atoms with Crippen molar-refractivity contribution < 1.29 is 14.3 Å². The van der Waals surface area contributed by atoms with Crippen LogP contribution < -0.4 is 5.32 Å². The number of carbonyl (C=O) groups is 1. The maximum atomic E-state index is 11.6. The summed E-state index contributed by atoms with van der Waals surface area (Å²) in [6, 6.07) is -0.0620. The van der Waals surface area contributed by atoms with Crippen molar-refractivity contribution in [3.63, 3.8) is 0 Å². The molecule has 1 atom stereocenters. The van der Waals surface area contributed by atoms with Crippen LogP contribution in [-0.4, -0.2) is 37.4 Å². The van der Waals surface area contributed by atoms with E-state index in [1.165, 1.54) is 0 Å². The third-order valence-corrected chi connectivity index (χ3v) is 2.83. The van der Waals surface area contributed by atoms with E-state index in [1.54, 1.807) is 0 Å². The molecule has 2 saturated heterocycles. The Morgan fingerprint density at radius 3 is 2.86 bits per heavy atom. The van der Waals surface area contributed by atoms with Gasteiger partial charge in [-0.25, -0.2) is 0 Å². The lowest BCUT2D eigenvalue weighted by Gasteiger charge is -2.19. The first-order chi connectivity index (χ1) is 6.76. The summed E-state index contributed by atoms with van der Waals surface area (Å²) in [5, 5.41) is 3.17. The molecule has 2 aliphatic heterocycles. The van der Waals surface area contributed by atoms with Crippen LogP contribution >= 0.6 is 0 Å². The molecule has 0 bridgehead atoms. The number of Topliss-reactive ketones (excluding diaryl/α,β-unsaturated/α-hetero) is 1. The van der Waals surface area contributed by atoms with Gasteiger partial charge >= 0.3 is 0 Å². The number of nitrogens with one attached hydrogen (secondary N) is 1. The molecule has 0 aromatic rings. The summed E-state index contributed by atoms with van der Waals surface area (Å²) < 4.78 is 11.0. The summed E-state index contributed by atoms with van der Waals surface area (Å²) in [7, 11) is 0. The number of hydrogen-bond donors (Lipinski definition) is 1. The number of ketones is 1. The molecule has 0 amide bonds. The first-order valence-corrected chi connectivity index (χ1v) is 5.30. The van der Waals surface area contributed by atoms with E-state index in [4.69, 9.17) is 9.47 Å². The Labute approximate surface area is 84.0 Å². The Morgan fingerprint density at radius 1 is 1.50 bits per heavy atom. The van der Waals surface area contributed by atoms with E-state index < -0.39 is 5.79 Å². The van der Waals surface area contributed by atoms with E-state index in [1.807, 2.05) is 6.92 Å². The molecule has 80 valence electrons. The molecule has 2 rings (SSSR count). The maximum absolute atomic E-state index is 11.6. The molecule has 14 heavy (non-hydrogen) atoms. The standard InChI is InChI=1S/C10H17NO3/c1-2-3-9(12)8-6-10(7-11-8)13-4-5-14-10/h8,11H,2-7H2,1H3. The minimum absolute atomic E-state index is 0.0620. The fraction of sp³-hybridized carbons (Fsp3) is 0.900. The summed E-state index contributed by atoms with van der Waals surface area (Å²) in [4.78, 5) is 11.6. The summed E-state index contributed by atoms with van der Waals surface area (Å²) in [6.45, 7) is 3.96. The van der Waals surface area contributed by atoms with E-state index in [0.29, 0.717) is 32.6 Å². The van der Waals surface area contributed by atoms with Crippen LogP contribution in [0.2, 0.25) is 0 Å². The van der Waals surface area contributed by atoms with Gasteiger partial charge in [-0.15, -0.1) is 0 Å². The van der Waals surface area contributed by atoms with Gasteiger partial charge in [-0.2, -0.15) is 0 Å². The lowest BCUT2D eigenvalue weighted by atomic mass is 10.0. The second-order valence-electron chi connectivity index (χ2n) is 3.96. The van der Waals surface area contributed by atoms with Gasteiger partial charge in [-0.05, 0) is 6.42 Å². The molecule has 0 saturated carbocycles. The second kappa shape index (κ2) is 3.96. The van der Waals surface area contributed by atoms with Crippen molar-refractivity contribution in [3.05, 3.63) is 0 Å². The molecule has 1 spiro atoms. The quantitative estimate of drug-likeness (QED) is 0.717. The highest BCUT2D eigenvalue weighted by Crippen LogP contribution is 2.29. The molecule has 0 aliphatic carbocycles. The first-order valence-electron chi connectivity index (χ1n) is 5.30. The Balaban J connectivity index is 1.90. The van der Waals surface area contributed by atoms with Gasteiger partial charge in [0.15, 0.2) is 5.79 Å². The number of rotatable bonds is 3. The number of carbonyl (C=O) groups excluding carboxylic acids is 1. The van der Waals surface area contributed by atoms with Crippen molar-refractivity contribution in [1.29, 1.82) is 0 Å². The monoisotopic (exact) mass is 199 g/mol. The van der Waals surface area contributed by atoms with Gasteiger partial charge in [-0.3, -0.25) is 4.79 Å². The Morgan fingerprint density at radius 2 is 2.21 bits per heavy atom. The van der Waals surface area contributed by atoms with Crippen LogP contribution in [0.1, 0.15) is 26.2 Å². The zero-order chi connectivity index (χ0) is 10.0. The van der Waals surface area contributed by atoms with Gasteiger partial charge in [0.05, 0.1) is 25.8 Å². The lowest BCUT2D eigenvalue weighted by molar-refractivity contribution is -0.143. The van der Waals surface area contributed by atoms with Crippen molar-refractivity contribution in [2.75, 3.05) is 19.8 Å². The highest BCUT2D eigenvalue weighted by atomic mass is 16.7. The molecular weight excluding hydrogens is 182 g/mol. The molecule has 0 radical (unpaired) electrons. The third kappa shape index (κ3) is 1.82. The van der Waals surface area contributed by atoms with E-state index >= 15 is 0 Å². The predicted octanol–water partition coefficient (Wildman–Crippen LogP) is 0.461. The van der Waals surface area contributed by atoms with Gasteiger partial charge in [0.1, 0.15) is 5.78 Å². The molecule has 2 fully saturated rings. The van der Waals surface area contributed by atoms with Gasteiger partial charge in [0.2, 0.25) is 0 Å². The van der Waals surface area contributed by atoms with Crippen LogP contribution in [0.3, 0.4) is 0 Å². The van der Waals surface area contributed by atoms with Crippen LogP contribution in [0.4, 0.5) is 0 Å². The molecule has 4 nitrogen and oxygen atoms in total. The van der Waals surface area contributed by atoms with Gasteiger partial charge in [0, 0.05) is 12.8 Å². The van der Waals surface area contributed by atoms with E-state index in [0.717, 1.165) is 6.42 Å². The fourth-order valence-electron chi connectivity index (χ4n) is 2.10. The van der Waals surface area contributed by atoms with Crippen LogP contribution in [0.25, 0.3) is 0 Å². The van der Waals surface area contributed by atoms with Crippen LogP contribution in [0.15, 0.2) is 0 Å². The Hall–Kier alpha value is -0.450. The van der Waals surface area contributed by atoms with Crippen LogP contribution in [-0.2, 0) is 14.3 Å². The normalized spacial score (nSPS) is 29.9. The van der Waals surface area contributed by atoms with Crippen molar-refractivity contribution in [1.82, 2.24) is 5.32 Å². The predicted molar refractivity (Wildman–Crippen MR) is 51.0 cm³/mol. The third-order valence-electron chi connectivity index (χ3n) is 2.83. The Kier molecular flexibility index (Phi) is 2.85. The van der Waals surface area contributed by atoms with E-state index in [2.05, 4.69) is 5.32 Å². The van der Waals surface area contributed by atoms with Gasteiger partial charge in [-0.1, -0.05) is 6.92 Å². The molecular formula is C10H17NO3. The topological polar surface area (TPSA) is 47.6 Å². The van der Waals surface area contributed by atoms with Crippen molar-refractivity contribution in [3.8, 4) is 0 Å². The lowest BCUT2D eigenvalue weighted by Crippen LogP contribution is -2.32. The molecule has 4 heteroatoms. The second-order valence-corrected chi connectivity index (χ2v) is 3.96. The van der Waals surface area contributed by atoms with Crippen molar-refractivity contribution >= 4 is 5.78 Å². The van der Waals surface area contributed by atoms with Crippen LogP contribution in [0.5, 0.6) is 0 Å². The maximum Gasteiger partial charge on any atom is 0.182 e. The smallest absolute Gasteiger partial charge is 0.182 e. The summed E-state index contributed by atoms with van der Waals surface area (Å²) in [6.07, 6.45) is 2.23. The minimum Gasteiger partial charge on any atom is -0.346 e. The Bertz CT molecular complexity index is 223. The van der Waals surface area contributed by atoms with Gasteiger partial charge < -0.3 is 14.8 Å². The summed E-state index contributed by atoms with van der Waals surface area (Å²) in [5.74, 6) is -0.211. The summed E-state index contributed by atoms with van der Waals surface area (Å²) in [5.41, 5.74) is 0. The fourth-order valence-corrected chi connectivity index (χ4v) is 2.10. The molecule has 2 aliphatic rings. The first kappa shape index (κ1) is 10.1. The number of hydrogen-bond acceptors (Lipinski definition) is 4. The minimum atomic E-state index is -0.492. The van der Waals surface area contributed by atoms with E-state index in [9.17, 15) is 4.79 Å². The average molecular weight is 199 g/mol. The highest BCUT2D eigenvalue weighted by molar-refractivity contribution is 5.84. The van der Waals surface area contributed by atoms with E-state index in [-0.39, 0.29) is 11.8 Å². The largest absolute Gasteiger partial charge is 0.346 e.